The van der Waals surface area contributed by atoms with Crippen molar-refractivity contribution < 1.29 is 23.9 Å². The maximum atomic E-state index is 11.3. The van der Waals surface area contributed by atoms with E-state index in [1.807, 2.05) is 0 Å². The molecule has 84 valence electrons. The monoisotopic (exact) mass is 223 g/mol. The number of aromatic carboxylic acids is 1. The molecule has 0 unspecified atom stereocenters. The summed E-state index contributed by atoms with van der Waals surface area (Å²) in [6, 6.07) is 1.45. The van der Waals surface area contributed by atoms with Gasteiger partial charge in [-0.3, -0.25) is 14.5 Å². The number of hydrogen-bond acceptors (Lipinski definition) is 4. The van der Waals surface area contributed by atoms with Gasteiger partial charge in [0.2, 0.25) is 17.6 Å². The van der Waals surface area contributed by atoms with Gasteiger partial charge < -0.3 is 9.52 Å². The summed E-state index contributed by atoms with van der Waals surface area (Å²) in [5.41, 5.74) is 0.330. The van der Waals surface area contributed by atoms with Crippen LogP contribution in [0.3, 0.4) is 0 Å². The van der Waals surface area contributed by atoms with Crippen molar-refractivity contribution in [1.82, 2.24) is 4.90 Å². The third kappa shape index (κ3) is 1.69. The first-order chi connectivity index (χ1) is 7.59. The summed E-state index contributed by atoms with van der Waals surface area (Å²) in [7, 11) is 0. The number of rotatable bonds is 3. The molecule has 0 radical (unpaired) electrons. The van der Waals surface area contributed by atoms with Crippen molar-refractivity contribution in [3.8, 4) is 0 Å². The quantitative estimate of drug-likeness (QED) is 0.759. The van der Waals surface area contributed by atoms with Crippen LogP contribution in [0.4, 0.5) is 0 Å². The lowest BCUT2D eigenvalue weighted by Gasteiger charge is -2.12. The van der Waals surface area contributed by atoms with E-state index in [1.165, 1.54) is 12.3 Å². The summed E-state index contributed by atoms with van der Waals surface area (Å²) in [6.45, 7) is -0.0319. The molecule has 1 N–H and O–H groups in total. The van der Waals surface area contributed by atoms with E-state index >= 15 is 0 Å². The number of carboxylic acid groups (broad SMARTS) is 1. The molecule has 1 aromatic heterocycles. The first-order valence-electron chi connectivity index (χ1n) is 4.72. The second-order valence-electron chi connectivity index (χ2n) is 3.45. The molecule has 0 aromatic carbocycles. The number of hydrogen-bond donors (Lipinski definition) is 1. The molecule has 6 heteroatoms. The molecule has 1 saturated heterocycles. The third-order valence-corrected chi connectivity index (χ3v) is 2.42. The molecule has 0 atom stereocenters. The zero-order valence-corrected chi connectivity index (χ0v) is 8.30. The maximum absolute atomic E-state index is 11.3. The Bertz CT molecular complexity index is 446. The fourth-order valence-electron chi connectivity index (χ4n) is 1.62. The van der Waals surface area contributed by atoms with Crippen LogP contribution in [-0.2, 0) is 16.1 Å². The number of carbonyl (C=O) groups excluding carboxylic acids is 2. The van der Waals surface area contributed by atoms with Crippen molar-refractivity contribution in [3.05, 3.63) is 23.7 Å². The molecule has 0 saturated carbocycles. The first kappa shape index (κ1) is 10.4. The van der Waals surface area contributed by atoms with Gasteiger partial charge in [0.25, 0.3) is 0 Å². The average Bonchev–Trinajstić information content (AvgIpc) is 2.80. The Kier molecular flexibility index (Phi) is 2.47. The van der Waals surface area contributed by atoms with Gasteiger partial charge in [0.05, 0.1) is 12.8 Å². The number of furan rings is 1. The van der Waals surface area contributed by atoms with Gasteiger partial charge in [0.1, 0.15) is 0 Å². The standard InChI is InChI=1S/C10H9NO5/c12-7-1-2-8(13)11(7)5-6-3-4-16-9(6)10(14)15/h3-4H,1-2,5H2,(H,14,15). The molecule has 2 heterocycles. The Hall–Kier alpha value is -2.11. The second kappa shape index (κ2) is 3.80. The lowest BCUT2D eigenvalue weighted by atomic mass is 10.2. The summed E-state index contributed by atoms with van der Waals surface area (Å²) < 4.78 is 4.76. The van der Waals surface area contributed by atoms with Gasteiger partial charge in [-0.1, -0.05) is 0 Å². The number of imide groups is 1. The van der Waals surface area contributed by atoms with Gasteiger partial charge in [-0.2, -0.15) is 0 Å². The number of likely N-dealkylation sites (tertiary alicyclic amines) is 1. The summed E-state index contributed by atoms with van der Waals surface area (Å²) >= 11 is 0. The largest absolute Gasteiger partial charge is 0.475 e. The van der Waals surface area contributed by atoms with E-state index in [-0.39, 0.29) is 37.0 Å². The van der Waals surface area contributed by atoms with Crippen molar-refractivity contribution in [2.45, 2.75) is 19.4 Å². The Morgan fingerprint density at radius 3 is 2.56 bits per heavy atom. The van der Waals surface area contributed by atoms with Gasteiger partial charge in [-0.15, -0.1) is 0 Å². The van der Waals surface area contributed by atoms with E-state index < -0.39 is 5.97 Å². The Labute approximate surface area is 90.4 Å². The van der Waals surface area contributed by atoms with Crippen LogP contribution in [0.25, 0.3) is 0 Å². The highest BCUT2D eigenvalue weighted by Crippen LogP contribution is 2.18. The predicted molar refractivity (Wildman–Crippen MR) is 50.5 cm³/mol. The van der Waals surface area contributed by atoms with Crippen molar-refractivity contribution in [2.75, 3.05) is 0 Å². The van der Waals surface area contributed by atoms with Crippen LogP contribution in [0.15, 0.2) is 16.7 Å². The molecule has 0 bridgehead atoms. The van der Waals surface area contributed by atoms with Gasteiger partial charge >= 0.3 is 5.97 Å². The molecule has 16 heavy (non-hydrogen) atoms. The maximum Gasteiger partial charge on any atom is 0.372 e. The predicted octanol–water partition coefficient (Wildman–Crippen LogP) is 0.627. The summed E-state index contributed by atoms with van der Waals surface area (Å²) in [5, 5.41) is 8.78. The van der Waals surface area contributed by atoms with Crippen molar-refractivity contribution in [1.29, 1.82) is 0 Å². The fourth-order valence-corrected chi connectivity index (χ4v) is 1.62. The number of carboxylic acids is 1. The fraction of sp³-hybridized carbons (Fsp3) is 0.300. The van der Waals surface area contributed by atoms with E-state index in [0.29, 0.717) is 5.56 Å². The Morgan fingerprint density at radius 2 is 2.00 bits per heavy atom. The van der Waals surface area contributed by atoms with Crippen molar-refractivity contribution >= 4 is 17.8 Å². The van der Waals surface area contributed by atoms with Crippen LogP contribution in [0.1, 0.15) is 29.0 Å². The molecular formula is C10H9NO5. The van der Waals surface area contributed by atoms with Crippen molar-refractivity contribution in [2.24, 2.45) is 0 Å². The minimum Gasteiger partial charge on any atom is -0.475 e. The smallest absolute Gasteiger partial charge is 0.372 e. The average molecular weight is 223 g/mol. The van der Waals surface area contributed by atoms with Crippen LogP contribution in [0.5, 0.6) is 0 Å². The van der Waals surface area contributed by atoms with Crippen LogP contribution in [0, 0.1) is 0 Å². The van der Waals surface area contributed by atoms with Crippen LogP contribution >= 0.6 is 0 Å². The van der Waals surface area contributed by atoms with E-state index in [0.717, 1.165) is 4.90 Å². The number of nitrogens with zero attached hydrogens (tertiary/aromatic N) is 1. The van der Waals surface area contributed by atoms with Gasteiger partial charge in [0.15, 0.2) is 0 Å². The summed E-state index contributed by atoms with van der Waals surface area (Å²) in [6.07, 6.45) is 1.61. The van der Waals surface area contributed by atoms with E-state index in [1.54, 1.807) is 0 Å². The van der Waals surface area contributed by atoms with E-state index in [4.69, 9.17) is 9.52 Å². The second-order valence-corrected chi connectivity index (χ2v) is 3.45. The van der Waals surface area contributed by atoms with Crippen molar-refractivity contribution in [3.63, 3.8) is 0 Å². The SMILES string of the molecule is O=C(O)c1occc1CN1C(=O)CCC1=O. The van der Waals surface area contributed by atoms with Crippen LogP contribution in [-0.4, -0.2) is 27.8 Å². The molecular weight excluding hydrogens is 214 g/mol. The first-order valence-corrected chi connectivity index (χ1v) is 4.72. The minimum atomic E-state index is -1.21. The highest BCUT2D eigenvalue weighted by Gasteiger charge is 2.30. The molecule has 2 amide bonds. The molecule has 1 aromatic rings. The van der Waals surface area contributed by atoms with Gasteiger partial charge in [0, 0.05) is 18.4 Å². The van der Waals surface area contributed by atoms with Crippen LogP contribution < -0.4 is 0 Å². The minimum absolute atomic E-state index is 0.0319. The number of carbonyl (C=O) groups is 3. The van der Waals surface area contributed by atoms with Gasteiger partial charge in [-0.25, -0.2) is 4.79 Å². The van der Waals surface area contributed by atoms with E-state index in [2.05, 4.69) is 0 Å². The molecule has 2 rings (SSSR count). The Balaban J connectivity index is 2.20. The zero-order valence-electron chi connectivity index (χ0n) is 8.30. The molecule has 6 nitrogen and oxygen atoms in total. The molecule has 1 fully saturated rings. The Morgan fingerprint density at radius 1 is 1.38 bits per heavy atom. The number of amides is 2. The zero-order chi connectivity index (χ0) is 11.7. The molecule has 1 aliphatic heterocycles. The lowest BCUT2D eigenvalue weighted by Crippen LogP contribution is -2.28. The topological polar surface area (TPSA) is 87.8 Å². The van der Waals surface area contributed by atoms with Gasteiger partial charge in [-0.05, 0) is 6.07 Å². The summed E-state index contributed by atoms with van der Waals surface area (Å²) in [5.74, 6) is -1.99. The molecule has 1 aliphatic rings. The third-order valence-electron chi connectivity index (χ3n) is 2.42. The summed E-state index contributed by atoms with van der Waals surface area (Å²) in [4.78, 5) is 34.4. The molecule has 0 spiro atoms. The lowest BCUT2D eigenvalue weighted by molar-refractivity contribution is -0.139. The van der Waals surface area contributed by atoms with E-state index in [9.17, 15) is 14.4 Å². The highest BCUT2D eigenvalue weighted by molar-refractivity contribution is 6.02. The normalized spacial score (nSPS) is 15.9. The highest BCUT2D eigenvalue weighted by atomic mass is 16.4. The van der Waals surface area contributed by atoms with Crippen LogP contribution in [0.2, 0.25) is 0 Å². The molecule has 0 aliphatic carbocycles.